The van der Waals surface area contributed by atoms with E-state index in [2.05, 4.69) is 39.6 Å². The largest absolute Gasteiger partial charge is 0.472 e. The Balaban J connectivity index is 1.06. The molecule has 6 rings (SSSR count). The van der Waals surface area contributed by atoms with Gasteiger partial charge >= 0.3 is 13.5 Å². The van der Waals surface area contributed by atoms with Crippen LogP contribution in [0.15, 0.2) is 33.5 Å². The molecule has 0 bridgehead atoms. The molecule has 2 heterocycles. The number of phosphoric ester groups is 1. The molecule has 0 amide bonds. The highest BCUT2D eigenvalue weighted by atomic mass is 31.2. The number of H-pyrrole nitrogens is 1. The molecule has 1 aromatic rings. The van der Waals surface area contributed by atoms with Crippen molar-refractivity contribution in [2.24, 2.45) is 46.3 Å². The van der Waals surface area contributed by atoms with Crippen LogP contribution in [0.1, 0.15) is 111 Å². The molecule has 13 atom stereocenters. The molecule has 11 nitrogen and oxygen atoms in total. The first-order chi connectivity index (χ1) is 22.6. The number of nitrogens with zero attached hydrogens (tertiary/aromatic N) is 1. The molecule has 12 heteroatoms. The predicted molar refractivity (Wildman–Crippen MR) is 181 cm³/mol. The van der Waals surface area contributed by atoms with Crippen LogP contribution in [0.5, 0.6) is 0 Å². The highest BCUT2D eigenvalue weighted by molar-refractivity contribution is 7.47. The van der Waals surface area contributed by atoms with Gasteiger partial charge in [-0.15, -0.1) is 0 Å². The number of aromatic amines is 1. The zero-order valence-electron chi connectivity index (χ0n) is 29.3. The maximum atomic E-state index is 13.1. The molecule has 0 aromatic carbocycles. The number of rotatable bonds is 11. The summed E-state index contributed by atoms with van der Waals surface area (Å²) in [5.41, 5.74) is 0.0806. The topological polar surface area (TPSA) is 160 Å². The predicted octanol–water partition coefficient (Wildman–Crippen LogP) is 5.70. The zero-order chi connectivity index (χ0) is 34.6. The van der Waals surface area contributed by atoms with E-state index in [9.17, 15) is 29.3 Å². The monoisotopic (exact) mass is 692 g/mol. The minimum atomic E-state index is -4.51. The number of aliphatic hydroxyl groups excluding tert-OH is 2. The van der Waals surface area contributed by atoms with Gasteiger partial charge in [-0.05, 0) is 91.3 Å². The van der Waals surface area contributed by atoms with E-state index in [-0.39, 0.29) is 23.2 Å². The lowest BCUT2D eigenvalue weighted by atomic mass is 9.46. The molecule has 48 heavy (non-hydrogen) atoms. The summed E-state index contributed by atoms with van der Waals surface area (Å²) in [6, 6.07) is 1.18. The maximum Gasteiger partial charge on any atom is 0.472 e. The Kier molecular flexibility index (Phi) is 10.4. The number of phosphoric acid groups is 1. The first-order valence-corrected chi connectivity index (χ1v) is 19.8. The van der Waals surface area contributed by atoms with Crippen LogP contribution in [0.4, 0.5) is 0 Å². The maximum absolute atomic E-state index is 13.1. The molecule has 4 fully saturated rings. The van der Waals surface area contributed by atoms with Crippen molar-refractivity contribution in [2.75, 3.05) is 6.61 Å². The van der Waals surface area contributed by atoms with Crippen molar-refractivity contribution in [3.8, 4) is 0 Å². The molecule has 3 saturated carbocycles. The SMILES string of the molecule is CC(C)CCCC(C)C1CCC2C3C(O)C=C4CC(OP(=O)(O)OCC5OC(n6ccc(=O)[nH]c6=O)CC5O)CCC4(C)C3CCC12C. The minimum absolute atomic E-state index is 0.0500. The summed E-state index contributed by atoms with van der Waals surface area (Å²) in [6.45, 7) is 11.5. The van der Waals surface area contributed by atoms with Crippen molar-refractivity contribution in [3.05, 3.63) is 44.8 Å². The summed E-state index contributed by atoms with van der Waals surface area (Å²) in [7, 11) is -4.51. The Morgan fingerprint density at radius 3 is 2.58 bits per heavy atom. The number of hydrogen-bond acceptors (Lipinski definition) is 8. The molecular formula is C36H57N2O9P. The number of ether oxygens (including phenoxy) is 1. The highest BCUT2D eigenvalue weighted by Gasteiger charge is 2.61. The van der Waals surface area contributed by atoms with Crippen molar-refractivity contribution < 1.29 is 33.5 Å². The Hall–Kier alpha value is -1.59. The zero-order valence-corrected chi connectivity index (χ0v) is 30.1. The quantitative estimate of drug-likeness (QED) is 0.169. The molecule has 0 radical (unpaired) electrons. The van der Waals surface area contributed by atoms with Gasteiger partial charge in [0.2, 0.25) is 0 Å². The third-order valence-corrected chi connectivity index (χ3v) is 14.4. The number of fused-ring (bicyclic) bond motifs is 5. The second-order valence-electron chi connectivity index (χ2n) is 16.6. The summed E-state index contributed by atoms with van der Waals surface area (Å²) in [5.74, 6) is 3.28. The van der Waals surface area contributed by atoms with Crippen LogP contribution in [-0.2, 0) is 18.3 Å². The minimum Gasteiger partial charge on any atom is -0.390 e. The third kappa shape index (κ3) is 6.99. The smallest absolute Gasteiger partial charge is 0.390 e. The Morgan fingerprint density at radius 1 is 1.08 bits per heavy atom. The summed E-state index contributed by atoms with van der Waals surface area (Å²) >= 11 is 0. The average Bonchev–Trinajstić information content (AvgIpc) is 3.55. The van der Waals surface area contributed by atoms with Crippen LogP contribution in [0.2, 0.25) is 0 Å². The van der Waals surface area contributed by atoms with E-state index >= 15 is 0 Å². The lowest BCUT2D eigenvalue weighted by molar-refractivity contribution is -0.0973. The van der Waals surface area contributed by atoms with Crippen LogP contribution in [0, 0.1) is 46.3 Å². The van der Waals surface area contributed by atoms with Crippen LogP contribution in [0.25, 0.3) is 0 Å². The molecule has 1 aliphatic heterocycles. The summed E-state index contributed by atoms with van der Waals surface area (Å²) in [5, 5.41) is 22.2. The van der Waals surface area contributed by atoms with Gasteiger partial charge in [-0.25, -0.2) is 9.36 Å². The van der Waals surface area contributed by atoms with Crippen molar-refractivity contribution in [1.29, 1.82) is 0 Å². The van der Waals surface area contributed by atoms with Crippen molar-refractivity contribution in [3.63, 3.8) is 0 Å². The van der Waals surface area contributed by atoms with Gasteiger partial charge in [0.25, 0.3) is 5.56 Å². The molecular weight excluding hydrogens is 635 g/mol. The van der Waals surface area contributed by atoms with E-state index in [1.54, 1.807) is 0 Å². The van der Waals surface area contributed by atoms with Crippen LogP contribution in [0.3, 0.4) is 0 Å². The second kappa shape index (κ2) is 13.9. The lowest BCUT2D eigenvalue weighted by Gasteiger charge is -2.59. The van der Waals surface area contributed by atoms with Gasteiger partial charge in [0, 0.05) is 18.7 Å². The van der Waals surface area contributed by atoms with Gasteiger partial charge in [0.15, 0.2) is 0 Å². The van der Waals surface area contributed by atoms with Gasteiger partial charge in [0.05, 0.1) is 24.9 Å². The summed E-state index contributed by atoms with van der Waals surface area (Å²) in [6.07, 6.45) is 9.93. The van der Waals surface area contributed by atoms with Gasteiger partial charge in [0.1, 0.15) is 12.3 Å². The van der Waals surface area contributed by atoms with E-state index in [1.807, 2.05) is 6.08 Å². The van der Waals surface area contributed by atoms with Crippen LogP contribution >= 0.6 is 7.82 Å². The standard InChI is InChI=1S/C36H57N2O9P/c1-21(2)7-6-8-22(3)25-9-10-26-33-27(12-15-36(25,26)5)35(4)14-11-24(17-23(35)18-29(33)40)47-48(43,44)45-20-30-28(39)19-32(46-30)38-16-13-31(41)37-34(38)42/h13,16,18,21-22,24-30,32-33,39-40H,6-12,14-15,17,19-20H2,1-5H3,(H,43,44)(H,37,41,42). The number of aliphatic hydroxyl groups is 2. The third-order valence-electron chi connectivity index (χ3n) is 13.3. The Morgan fingerprint density at radius 2 is 1.85 bits per heavy atom. The fourth-order valence-corrected chi connectivity index (χ4v) is 11.8. The molecule has 1 aromatic heterocycles. The number of aromatic nitrogens is 2. The van der Waals surface area contributed by atoms with E-state index < -0.39 is 56.3 Å². The first-order valence-electron chi connectivity index (χ1n) is 18.3. The molecule has 270 valence electrons. The van der Waals surface area contributed by atoms with Crippen LogP contribution in [-0.4, -0.2) is 55.7 Å². The van der Waals surface area contributed by atoms with Gasteiger partial charge in [-0.3, -0.25) is 23.4 Å². The van der Waals surface area contributed by atoms with Crippen molar-refractivity contribution >= 4 is 7.82 Å². The molecule has 4 aliphatic carbocycles. The fourth-order valence-electron chi connectivity index (χ4n) is 10.8. The average molecular weight is 693 g/mol. The fraction of sp³-hybridized carbons (Fsp3) is 0.833. The molecule has 1 saturated heterocycles. The van der Waals surface area contributed by atoms with Crippen LogP contribution < -0.4 is 11.2 Å². The number of hydrogen-bond donors (Lipinski definition) is 4. The van der Waals surface area contributed by atoms with E-state index in [0.717, 1.165) is 28.9 Å². The van der Waals surface area contributed by atoms with E-state index in [1.165, 1.54) is 50.8 Å². The molecule has 4 N–H and O–H groups in total. The lowest BCUT2D eigenvalue weighted by Crippen LogP contribution is -2.55. The molecule has 13 unspecified atom stereocenters. The highest BCUT2D eigenvalue weighted by Crippen LogP contribution is 2.67. The van der Waals surface area contributed by atoms with Crippen molar-refractivity contribution in [1.82, 2.24) is 9.55 Å². The summed E-state index contributed by atoms with van der Waals surface area (Å²) in [4.78, 5) is 36.3. The van der Waals surface area contributed by atoms with Gasteiger partial charge in [-0.1, -0.05) is 65.5 Å². The second-order valence-corrected chi connectivity index (χ2v) is 18.0. The number of nitrogens with one attached hydrogen (secondary N) is 1. The van der Waals surface area contributed by atoms with E-state index in [4.69, 9.17) is 13.8 Å². The van der Waals surface area contributed by atoms with Gasteiger partial charge in [-0.2, -0.15) is 0 Å². The Labute approximate surface area is 284 Å². The molecule has 5 aliphatic rings. The normalized spacial score (nSPS) is 41.3. The van der Waals surface area contributed by atoms with E-state index in [0.29, 0.717) is 36.5 Å². The molecule has 0 spiro atoms. The summed E-state index contributed by atoms with van der Waals surface area (Å²) < 4.78 is 31.0. The van der Waals surface area contributed by atoms with Gasteiger partial charge < -0.3 is 19.8 Å². The van der Waals surface area contributed by atoms with Crippen molar-refractivity contribution in [2.45, 2.75) is 136 Å². The Bertz CT molecular complexity index is 1510. The first kappa shape index (κ1) is 36.2.